The third kappa shape index (κ3) is 2.60. The number of halogens is 3. The van der Waals surface area contributed by atoms with Crippen molar-refractivity contribution in [3.63, 3.8) is 0 Å². The molecule has 1 unspecified atom stereocenters. The van der Waals surface area contributed by atoms with Crippen LogP contribution in [0.5, 0.6) is 0 Å². The lowest BCUT2D eigenvalue weighted by Crippen LogP contribution is -2.80. The quantitative estimate of drug-likeness (QED) is 0.620. The first kappa shape index (κ1) is 16.5. The molecule has 2 aromatic heterocycles. The third-order valence-corrected chi connectivity index (χ3v) is 4.59. The summed E-state index contributed by atoms with van der Waals surface area (Å²) in [5.41, 5.74) is 0.713. The normalized spacial score (nSPS) is 21.5. The number of carbonyl (C=O) groups is 1. The van der Waals surface area contributed by atoms with Crippen LogP contribution in [-0.4, -0.2) is 51.2 Å². The van der Waals surface area contributed by atoms with Gasteiger partial charge in [-0.05, 0) is 12.1 Å². The summed E-state index contributed by atoms with van der Waals surface area (Å²) >= 11 is 0. The Morgan fingerprint density at radius 3 is 2.38 bits per heavy atom. The van der Waals surface area contributed by atoms with Gasteiger partial charge in [0.05, 0.1) is 17.6 Å². The third-order valence-electron chi connectivity index (χ3n) is 4.59. The Labute approximate surface area is 145 Å². The van der Waals surface area contributed by atoms with Gasteiger partial charge in [0, 0.05) is 25.5 Å². The maximum atomic E-state index is 12.8. The average Bonchev–Trinajstić information content (AvgIpc) is 2.62. The maximum Gasteiger partial charge on any atom is 0.433 e. The first-order valence-electron chi connectivity index (χ1n) is 7.72. The van der Waals surface area contributed by atoms with Crippen molar-refractivity contribution >= 4 is 17.7 Å². The van der Waals surface area contributed by atoms with E-state index in [1.807, 2.05) is 9.80 Å². The summed E-state index contributed by atoms with van der Waals surface area (Å²) in [7, 11) is 0. The number of nitrogens with one attached hydrogen (secondary N) is 1. The van der Waals surface area contributed by atoms with Gasteiger partial charge in [0.25, 0.3) is 5.91 Å². The van der Waals surface area contributed by atoms with Gasteiger partial charge in [0.1, 0.15) is 11.5 Å². The molecule has 0 saturated carbocycles. The minimum Gasteiger partial charge on any atom is -0.348 e. The Morgan fingerprint density at radius 2 is 1.81 bits per heavy atom. The molecule has 2 saturated heterocycles. The van der Waals surface area contributed by atoms with E-state index in [4.69, 9.17) is 5.21 Å². The second kappa shape index (κ2) is 5.80. The molecular formula is C15H13F3N6O2. The molecule has 2 aliphatic rings. The zero-order valence-corrected chi connectivity index (χ0v) is 13.2. The van der Waals surface area contributed by atoms with E-state index in [-0.39, 0.29) is 17.6 Å². The summed E-state index contributed by atoms with van der Waals surface area (Å²) in [6.07, 6.45) is -1.87. The van der Waals surface area contributed by atoms with Gasteiger partial charge in [0.2, 0.25) is 5.95 Å². The summed E-state index contributed by atoms with van der Waals surface area (Å²) in [4.78, 5) is 26.9. The second-order valence-electron chi connectivity index (χ2n) is 6.03. The lowest BCUT2D eigenvalue weighted by Gasteiger charge is -2.62. The first-order valence-corrected chi connectivity index (χ1v) is 7.72. The van der Waals surface area contributed by atoms with Crippen molar-refractivity contribution in [1.29, 1.82) is 0 Å². The largest absolute Gasteiger partial charge is 0.433 e. The molecule has 0 aromatic carbocycles. The molecule has 1 amide bonds. The van der Waals surface area contributed by atoms with Gasteiger partial charge < -0.3 is 9.80 Å². The Kier molecular flexibility index (Phi) is 3.68. The van der Waals surface area contributed by atoms with E-state index < -0.39 is 17.8 Å². The van der Waals surface area contributed by atoms with Crippen molar-refractivity contribution < 1.29 is 23.2 Å². The van der Waals surface area contributed by atoms with Crippen LogP contribution in [0, 0.1) is 0 Å². The molecule has 11 heteroatoms. The highest BCUT2D eigenvalue weighted by Crippen LogP contribution is 2.39. The Hall–Kier alpha value is -2.95. The molecule has 136 valence electrons. The van der Waals surface area contributed by atoms with Crippen LogP contribution in [0.2, 0.25) is 0 Å². The van der Waals surface area contributed by atoms with Gasteiger partial charge in [-0.3, -0.25) is 10.0 Å². The van der Waals surface area contributed by atoms with E-state index in [0.29, 0.717) is 24.9 Å². The molecular weight excluding hydrogens is 353 g/mol. The van der Waals surface area contributed by atoms with Crippen LogP contribution < -0.4 is 15.3 Å². The van der Waals surface area contributed by atoms with E-state index >= 15 is 0 Å². The van der Waals surface area contributed by atoms with Crippen LogP contribution in [-0.2, 0) is 6.18 Å². The highest BCUT2D eigenvalue weighted by Gasteiger charge is 2.53. The fraction of sp³-hybridized carbons (Fsp3) is 0.333. The molecule has 0 radical (unpaired) electrons. The lowest BCUT2D eigenvalue weighted by atomic mass is 9.86. The van der Waals surface area contributed by atoms with Crippen molar-refractivity contribution in [3.8, 4) is 0 Å². The predicted octanol–water partition coefficient (Wildman–Crippen LogP) is 1.09. The first-order chi connectivity index (χ1) is 12.4. The number of nitrogens with zero attached hydrogens (tertiary/aromatic N) is 5. The minimum atomic E-state index is -4.47. The summed E-state index contributed by atoms with van der Waals surface area (Å²) in [5, 5.41) is 8.57. The van der Waals surface area contributed by atoms with Gasteiger partial charge >= 0.3 is 6.18 Å². The molecule has 2 atom stereocenters. The number of amides is 1. The standard InChI is InChI=1S/C15H13F3N6O2/c16-15(17,18)11-2-1-3-12(21-11)23-6-10-9(23)7-24(10)14-19-4-8(5-20-14)13(25)22-26/h1-5,9-10,26H,6-7H2,(H,22,25)/t9?,10-/m1/s1. The molecule has 4 rings (SSSR count). The topological polar surface area (TPSA) is 94.5 Å². The number of hydrogen-bond donors (Lipinski definition) is 2. The van der Waals surface area contributed by atoms with Crippen LogP contribution in [0.1, 0.15) is 16.1 Å². The Balaban J connectivity index is 1.43. The van der Waals surface area contributed by atoms with Gasteiger partial charge in [0.15, 0.2) is 0 Å². The highest BCUT2D eigenvalue weighted by molar-refractivity contribution is 5.92. The monoisotopic (exact) mass is 366 g/mol. The van der Waals surface area contributed by atoms with Crippen molar-refractivity contribution in [3.05, 3.63) is 41.9 Å². The van der Waals surface area contributed by atoms with Gasteiger partial charge in [-0.15, -0.1) is 0 Å². The zero-order valence-electron chi connectivity index (χ0n) is 13.2. The van der Waals surface area contributed by atoms with Crippen LogP contribution in [0.4, 0.5) is 24.9 Å². The number of hydrogen-bond acceptors (Lipinski definition) is 7. The SMILES string of the molecule is O=C(NO)c1cnc(N2CC3[C@H]2CN3c2cccc(C(F)(F)F)n2)nc1. The van der Waals surface area contributed by atoms with Crippen LogP contribution >= 0.6 is 0 Å². The lowest BCUT2D eigenvalue weighted by molar-refractivity contribution is -0.141. The summed E-state index contributed by atoms with van der Waals surface area (Å²) in [6.45, 7) is 1.06. The molecule has 2 fully saturated rings. The van der Waals surface area contributed by atoms with Crippen molar-refractivity contribution in [1.82, 2.24) is 20.4 Å². The number of aromatic nitrogens is 3. The minimum absolute atomic E-state index is 0.0509. The molecule has 2 N–H and O–H groups in total. The number of carbonyl (C=O) groups excluding carboxylic acids is 1. The van der Waals surface area contributed by atoms with Crippen LogP contribution in [0.15, 0.2) is 30.6 Å². The zero-order chi connectivity index (χ0) is 18.5. The number of pyridine rings is 1. The van der Waals surface area contributed by atoms with E-state index in [9.17, 15) is 18.0 Å². The average molecular weight is 366 g/mol. The summed E-state index contributed by atoms with van der Waals surface area (Å²) in [6, 6.07) is 4.00. The number of piperazine rings is 1. The van der Waals surface area contributed by atoms with Crippen molar-refractivity contribution in [2.75, 3.05) is 22.9 Å². The molecule has 8 nitrogen and oxygen atoms in total. The van der Waals surface area contributed by atoms with Gasteiger partial charge in [-0.1, -0.05) is 6.07 Å². The molecule has 2 aliphatic heterocycles. The maximum absolute atomic E-state index is 12.8. The number of rotatable bonds is 3. The van der Waals surface area contributed by atoms with E-state index in [1.54, 1.807) is 6.07 Å². The smallest absolute Gasteiger partial charge is 0.348 e. The van der Waals surface area contributed by atoms with E-state index in [2.05, 4.69) is 15.0 Å². The number of anilines is 2. The van der Waals surface area contributed by atoms with Crippen LogP contribution in [0.3, 0.4) is 0 Å². The summed E-state index contributed by atoms with van der Waals surface area (Å²) in [5.74, 6) is 0.0254. The molecule has 4 heterocycles. The number of hydroxylamine groups is 1. The molecule has 26 heavy (non-hydrogen) atoms. The molecule has 0 bridgehead atoms. The molecule has 0 spiro atoms. The second-order valence-corrected chi connectivity index (χ2v) is 6.03. The van der Waals surface area contributed by atoms with Gasteiger partial charge in [-0.25, -0.2) is 20.4 Å². The van der Waals surface area contributed by atoms with Crippen molar-refractivity contribution in [2.24, 2.45) is 0 Å². The fourth-order valence-corrected chi connectivity index (χ4v) is 3.14. The summed E-state index contributed by atoms with van der Waals surface area (Å²) < 4.78 is 38.4. The molecule has 2 aromatic rings. The molecule has 0 aliphatic carbocycles. The van der Waals surface area contributed by atoms with Crippen molar-refractivity contribution in [2.45, 2.75) is 18.3 Å². The predicted molar refractivity (Wildman–Crippen MR) is 82.8 cm³/mol. The highest BCUT2D eigenvalue weighted by atomic mass is 19.4. The van der Waals surface area contributed by atoms with E-state index in [1.165, 1.54) is 23.9 Å². The van der Waals surface area contributed by atoms with Crippen LogP contribution in [0.25, 0.3) is 0 Å². The van der Waals surface area contributed by atoms with Gasteiger partial charge in [-0.2, -0.15) is 13.2 Å². The Morgan fingerprint density at radius 1 is 1.15 bits per heavy atom. The fourth-order valence-electron chi connectivity index (χ4n) is 3.14. The number of alkyl halides is 3. The number of fused-ring (bicyclic) bond motifs is 1. The Bertz CT molecular complexity index is 844. The van der Waals surface area contributed by atoms with E-state index in [0.717, 1.165) is 6.07 Å².